The topological polar surface area (TPSA) is 114 Å². The maximum absolute atomic E-state index is 12.1. The van der Waals surface area contributed by atoms with E-state index in [1.165, 1.54) is 0 Å². The first kappa shape index (κ1) is 20.0. The molecule has 0 aromatic heterocycles. The maximum atomic E-state index is 12.1. The lowest BCUT2D eigenvalue weighted by molar-refractivity contribution is -0.145. The highest BCUT2D eigenvalue weighted by Crippen LogP contribution is 2.01. The molecule has 0 aliphatic heterocycles. The second kappa shape index (κ2) is 10.7. The quantitative estimate of drug-likeness (QED) is 0.448. The molecule has 25 heavy (non-hydrogen) atoms. The van der Waals surface area contributed by atoms with E-state index < -0.39 is 36.7 Å². The van der Waals surface area contributed by atoms with Crippen LogP contribution in [0.15, 0.2) is 30.3 Å². The molecule has 1 aromatic carbocycles. The first-order valence-corrected chi connectivity index (χ1v) is 7.41. The molecule has 0 aliphatic carbocycles. The van der Waals surface area contributed by atoms with Gasteiger partial charge in [-0.3, -0.25) is 4.79 Å². The molecule has 2 amide bonds. The Morgan fingerprint density at radius 2 is 1.88 bits per heavy atom. The van der Waals surface area contributed by atoms with E-state index in [0.717, 1.165) is 12.7 Å². The van der Waals surface area contributed by atoms with Crippen LogP contribution in [0.4, 0.5) is 4.79 Å². The van der Waals surface area contributed by atoms with E-state index >= 15 is 0 Å². The zero-order valence-electron chi connectivity index (χ0n) is 13.7. The number of methoxy groups -OCH3 is 1. The summed E-state index contributed by atoms with van der Waals surface area (Å²) in [5.41, 5.74) is 0.766. The lowest BCUT2D eigenvalue weighted by Crippen LogP contribution is -2.53. The monoisotopic (exact) mass is 348 g/mol. The number of esters is 1. The minimum absolute atomic E-state index is 0.00825. The summed E-state index contributed by atoms with van der Waals surface area (Å²) in [6, 6.07) is 6.57. The van der Waals surface area contributed by atoms with Gasteiger partial charge in [-0.25, -0.2) is 9.59 Å². The molecule has 8 heteroatoms. The lowest BCUT2D eigenvalue weighted by Gasteiger charge is -2.19. The minimum Gasteiger partial charge on any atom is -0.467 e. The van der Waals surface area contributed by atoms with Crippen molar-refractivity contribution in [1.29, 1.82) is 0 Å². The fourth-order valence-corrected chi connectivity index (χ4v) is 1.83. The summed E-state index contributed by atoms with van der Waals surface area (Å²) < 4.78 is 9.49. The number of nitrogens with one attached hydrogen (secondary N) is 2. The van der Waals surface area contributed by atoms with E-state index in [0.29, 0.717) is 0 Å². The predicted octanol–water partition coefficient (Wildman–Crippen LogP) is -0.0452. The van der Waals surface area contributed by atoms with Gasteiger partial charge in [-0.2, -0.15) is 0 Å². The third-order valence-corrected chi connectivity index (χ3v) is 3.13. The Bertz CT molecular complexity index is 626. The Labute approximate surface area is 145 Å². The maximum Gasteiger partial charge on any atom is 0.408 e. The molecule has 8 nitrogen and oxygen atoms in total. The smallest absolute Gasteiger partial charge is 0.408 e. The Morgan fingerprint density at radius 1 is 1.20 bits per heavy atom. The van der Waals surface area contributed by atoms with Crippen molar-refractivity contribution < 1.29 is 29.0 Å². The second-order valence-electron chi connectivity index (χ2n) is 4.93. The Kier molecular flexibility index (Phi) is 8.54. The summed E-state index contributed by atoms with van der Waals surface area (Å²) in [4.78, 5) is 35.3. The van der Waals surface area contributed by atoms with Gasteiger partial charge in [-0.05, 0) is 5.56 Å². The van der Waals surface area contributed by atoms with E-state index in [1.54, 1.807) is 24.3 Å². The Hall–Kier alpha value is -3.05. The van der Waals surface area contributed by atoms with Gasteiger partial charge in [-0.1, -0.05) is 30.3 Å². The van der Waals surface area contributed by atoms with Crippen molar-refractivity contribution in [2.45, 2.75) is 25.1 Å². The number of amides is 2. The molecule has 3 N–H and O–H groups in total. The SMILES string of the molecule is C#CC[C@H](NC(=O)[C@H](CO)NC(=O)OCc1ccccc1)C(=O)OC. The van der Waals surface area contributed by atoms with Crippen LogP contribution in [0.5, 0.6) is 0 Å². The van der Waals surface area contributed by atoms with Crippen molar-refractivity contribution >= 4 is 18.0 Å². The van der Waals surface area contributed by atoms with E-state index in [9.17, 15) is 19.5 Å². The first-order valence-electron chi connectivity index (χ1n) is 7.41. The van der Waals surface area contributed by atoms with E-state index in [1.807, 2.05) is 6.07 Å². The number of alkyl carbamates (subject to hydrolysis) is 1. The summed E-state index contributed by atoms with van der Waals surface area (Å²) in [6.45, 7) is -0.676. The molecule has 0 spiro atoms. The number of carbonyl (C=O) groups is 3. The highest BCUT2D eigenvalue weighted by atomic mass is 16.5. The molecule has 0 radical (unpaired) electrons. The summed E-state index contributed by atoms with van der Waals surface area (Å²) in [5, 5.41) is 13.8. The molecule has 0 heterocycles. The number of rotatable bonds is 8. The van der Waals surface area contributed by atoms with Crippen LogP contribution in [0.25, 0.3) is 0 Å². The molecule has 2 atom stereocenters. The molecular weight excluding hydrogens is 328 g/mol. The number of aliphatic hydroxyl groups is 1. The summed E-state index contributed by atoms with van der Waals surface area (Å²) in [7, 11) is 1.15. The fourth-order valence-electron chi connectivity index (χ4n) is 1.83. The zero-order chi connectivity index (χ0) is 18.7. The van der Waals surface area contributed by atoms with Crippen molar-refractivity contribution in [3.63, 3.8) is 0 Å². The predicted molar refractivity (Wildman–Crippen MR) is 88.0 cm³/mol. The van der Waals surface area contributed by atoms with Crippen LogP contribution < -0.4 is 10.6 Å². The van der Waals surface area contributed by atoms with Crippen molar-refractivity contribution in [3.8, 4) is 12.3 Å². The Morgan fingerprint density at radius 3 is 2.44 bits per heavy atom. The number of benzene rings is 1. The van der Waals surface area contributed by atoms with Crippen LogP contribution in [-0.4, -0.2) is 48.9 Å². The third kappa shape index (κ3) is 6.93. The molecule has 134 valence electrons. The van der Waals surface area contributed by atoms with Gasteiger partial charge in [0, 0.05) is 6.42 Å². The highest BCUT2D eigenvalue weighted by molar-refractivity contribution is 5.89. The third-order valence-electron chi connectivity index (χ3n) is 3.13. The van der Waals surface area contributed by atoms with Gasteiger partial charge >= 0.3 is 12.1 Å². The molecule has 0 fully saturated rings. The molecular formula is C17H20N2O6. The van der Waals surface area contributed by atoms with Gasteiger partial charge in [0.25, 0.3) is 0 Å². The van der Waals surface area contributed by atoms with Crippen LogP contribution in [0.1, 0.15) is 12.0 Å². The van der Waals surface area contributed by atoms with Gasteiger partial charge in [0.05, 0.1) is 13.7 Å². The molecule has 0 saturated heterocycles. The van der Waals surface area contributed by atoms with Crippen molar-refractivity contribution in [2.75, 3.05) is 13.7 Å². The molecule has 1 rings (SSSR count). The number of ether oxygens (including phenoxy) is 2. The van der Waals surface area contributed by atoms with Crippen molar-refractivity contribution in [1.82, 2.24) is 10.6 Å². The van der Waals surface area contributed by atoms with Gasteiger partial charge in [0.1, 0.15) is 18.7 Å². The number of hydrogen-bond donors (Lipinski definition) is 3. The molecule has 0 unspecified atom stereocenters. The van der Waals surface area contributed by atoms with E-state index in [4.69, 9.17) is 11.2 Å². The van der Waals surface area contributed by atoms with Crippen LogP contribution in [0.3, 0.4) is 0 Å². The summed E-state index contributed by atoms with van der Waals surface area (Å²) in [6.07, 6.45) is 4.16. The highest BCUT2D eigenvalue weighted by Gasteiger charge is 2.26. The number of hydrogen-bond acceptors (Lipinski definition) is 6. The number of terminal acetylenes is 1. The van der Waals surface area contributed by atoms with Crippen LogP contribution in [-0.2, 0) is 25.7 Å². The zero-order valence-corrected chi connectivity index (χ0v) is 13.7. The van der Waals surface area contributed by atoms with Gasteiger partial charge in [0.15, 0.2) is 0 Å². The normalized spacial score (nSPS) is 12.2. The van der Waals surface area contributed by atoms with Crippen molar-refractivity contribution in [2.24, 2.45) is 0 Å². The summed E-state index contributed by atoms with van der Waals surface area (Å²) >= 11 is 0. The number of carbonyl (C=O) groups excluding carboxylic acids is 3. The first-order chi connectivity index (χ1) is 12.0. The standard InChI is InChI=1S/C17H20N2O6/c1-3-7-13(16(22)24-2)18-15(21)14(10-20)19-17(23)25-11-12-8-5-4-6-9-12/h1,4-6,8-9,13-14,20H,7,10-11H2,2H3,(H,18,21)(H,19,23)/t13-,14-/m0/s1. The molecule has 1 aromatic rings. The van der Waals surface area contributed by atoms with Gasteiger partial charge in [-0.15, -0.1) is 12.3 Å². The molecule has 0 aliphatic rings. The van der Waals surface area contributed by atoms with E-state index in [2.05, 4.69) is 21.3 Å². The second-order valence-corrected chi connectivity index (χ2v) is 4.93. The van der Waals surface area contributed by atoms with Crippen LogP contribution in [0, 0.1) is 12.3 Å². The van der Waals surface area contributed by atoms with Crippen LogP contribution in [0.2, 0.25) is 0 Å². The fraction of sp³-hybridized carbons (Fsp3) is 0.353. The van der Waals surface area contributed by atoms with E-state index in [-0.39, 0.29) is 13.0 Å². The van der Waals surface area contributed by atoms with Gasteiger partial charge in [0.2, 0.25) is 5.91 Å². The lowest BCUT2D eigenvalue weighted by atomic mass is 10.2. The average molecular weight is 348 g/mol. The summed E-state index contributed by atoms with van der Waals surface area (Å²) in [5.74, 6) is 0.720. The van der Waals surface area contributed by atoms with Crippen molar-refractivity contribution in [3.05, 3.63) is 35.9 Å². The average Bonchev–Trinajstić information content (AvgIpc) is 2.64. The minimum atomic E-state index is -1.30. The number of aliphatic hydroxyl groups excluding tert-OH is 1. The van der Waals surface area contributed by atoms with Gasteiger partial charge < -0.3 is 25.2 Å². The van der Waals surface area contributed by atoms with Crippen LogP contribution >= 0.6 is 0 Å². The largest absolute Gasteiger partial charge is 0.467 e. The molecule has 0 bridgehead atoms. The Balaban J connectivity index is 2.55. The molecule has 0 saturated carbocycles.